The molecule has 186 valence electrons. The summed E-state index contributed by atoms with van der Waals surface area (Å²) >= 11 is 1.22. The van der Waals surface area contributed by atoms with Gasteiger partial charge in [0, 0.05) is 11.4 Å². The average molecular weight is 512 g/mol. The molecular weight excluding hydrogens is 486 g/mol. The van der Waals surface area contributed by atoms with E-state index >= 15 is 0 Å². The molecule has 37 heavy (non-hydrogen) atoms. The third kappa shape index (κ3) is 5.90. The van der Waals surface area contributed by atoms with Crippen molar-refractivity contribution in [3.8, 4) is 6.07 Å². The highest BCUT2D eigenvalue weighted by Crippen LogP contribution is 2.42. The van der Waals surface area contributed by atoms with Crippen LogP contribution in [0.1, 0.15) is 28.4 Å². The fourth-order valence-corrected chi connectivity index (χ4v) is 5.26. The number of thioether (sulfide) groups is 1. The number of hydrogen-bond acceptors (Lipinski definition) is 6. The molecule has 0 aromatic heterocycles. The van der Waals surface area contributed by atoms with Crippen LogP contribution in [0.15, 0.2) is 89.5 Å². The molecule has 1 aliphatic heterocycles. The smallest absolute Gasteiger partial charge is 0.338 e. The molecule has 2 amide bonds. The molecule has 7 nitrogen and oxygen atoms in total. The Kier molecular flexibility index (Phi) is 8.06. The van der Waals surface area contributed by atoms with Gasteiger partial charge in [-0.25, -0.2) is 4.79 Å². The maximum Gasteiger partial charge on any atom is 0.338 e. The SMILES string of the molecule is CCOC(=O)c1ccc(NC(=O)C(C#N)=C2SC(Cc3cccc(C)c3)C(=O)N2c2ccccc2)cc1. The summed E-state index contributed by atoms with van der Waals surface area (Å²) in [4.78, 5) is 40.1. The van der Waals surface area contributed by atoms with E-state index in [2.05, 4.69) is 5.32 Å². The molecule has 0 saturated carbocycles. The van der Waals surface area contributed by atoms with E-state index in [1.165, 1.54) is 28.8 Å². The summed E-state index contributed by atoms with van der Waals surface area (Å²) in [6, 6.07) is 25.1. The maximum absolute atomic E-state index is 13.5. The zero-order valence-electron chi connectivity index (χ0n) is 20.4. The van der Waals surface area contributed by atoms with Gasteiger partial charge in [-0.1, -0.05) is 59.8 Å². The second-order valence-electron chi connectivity index (χ2n) is 8.35. The summed E-state index contributed by atoms with van der Waals surface area (Å²) in [5, 5.41) is 12.5. The van der Waals surface area contributed by atoms with Gasteiger partial charge in [-0.2, -0.15) is 5.26 Å². The molecule has 1 atom stereocenters. The Labute approximate surface area is 219 Å². The van der Waals surface area contributed by atoms with E-state index in [4.69, 9.17) is 4.74 Å². The third-order valence-corrected chi connectivity index (χ3v) is 6.94. The van der Waals surface area contributed by atoms with Crippen molar-refractivity contribution in [2.75, 3.05) is 16.8 Å². The van der Waals surface area contributed by atoms with E-state index in [0.29, 0.717) is 23.4 Å². The Morgan fingerprint density at radius 2 is 1.78 bits per heavy atom. The van der Waals surface area contributed by atoms with Gasteiger partial charge in [-0.05, 0) is 62.2 Å². The minimum atomic E-state index is -0.640. The lowest BCUT2D eigenvalue weighted by Crippen LogP contribution is -2.30. The summed E-state index contributed by atoms with van der Waals surface area (Å²) in [5.41, 5.74) is 3.28. The number of hydrogen-bond donors (Lipinski definition) is 1. The predicted molar refractivity (Wildman–Crippen MR) is 144 cm³/mol. The van der Waals surface area contributed by atoms with Crippen molar-refractivity contribution in [3.05, 3.63) is 106 Å². The number of rotatable bonds is 7. The van der Waals surface area contributed by atoms with Crippen molar-refractivity contribution in [1.82, 2.24) is 0 Å². The van der Waals surface area contributed by atoms with Gasteiger partial charge in [0.15, 0.2) is 0 Å². The zero-order valence-corrected chi connectivity index (χ0v) is 21.2. The lowest BCUT2D eigenvalue weighted by atomic mass is 10.1. The quantitative estimate of drug-likeness (QED) is 0.265. The van der Waals surface area contributed by atoms with Gasteiger partial charge < -0.3 is 10.1 Å². The lowest BCUT2D eigenvalue weighted by Gasteiger charge is -2.18. The Morgan fingerprint density at radius 1 is 1.05 bits per heavy atom. The Bertz CT molecular complexity index is 1390. The van der Waals surface area contributed by atoms with E-state index in [-0.39, 0.29) is 23.1 Å². The summed E-state index contributed by atoms with van der Waals surface area (Å²) in [5.74, 6) is -1.29. The first-order valence-corrected chi connectivity index (χ1v) is 12.6. The number of carbonyl (C=O) groups is 3. The molecule has 4 rings (SSSR count). The van der Waals surface area contributed by atoms with Gasteiger partial charge in [-0.3, -0.25) is 14.5 Å². The first kappa shape index (κ1) is 25.7. The normalized spacial score (nSPS) is 16.2. The Hall–Kier alpha value is -4.35. The number of nitrogens with zero attached hydrogens (tertiary/aromatic N) is 2. The maximum atomic E-state index is 13.5. The molecule has 0 radical (unpaired) electrons. The third-order valence-electron chi connectivity index (χ3n) is 5.68. The average Bonchev–Trinajstić information content (AvgIpc) is 3.20. The van der Waals surface area contributed by atoms with Gasteiger partial charge in [0.1, 0.15) is 16.7 Å². The van der Waals surface area contributed by atoms with E-state index in [1.54, 1.807) is 43.3 Å². The minimum absolute atomic E-state index is 0.164. The van der Waals surface area contributed by atoms with E-state index < -0.39 is 17.1 Å². The number of ether oxygens (including phenoxy) is 1. The van der Waals surface area contributed by atoms with Crippen LogP contribution < -0.4 is 10.2 Å². The fraction of sp³-hybridized carbons (Fsp3) is 0.172. The first-order chi connectivity index (χ1) is 17.9. The molecule has 8 heteroatoms. The number of esters is 1. The van der Waals surface area contributed by atoms with Crippen molar-refractivity contribution in [1.29, 1.82) is 5.26 Å². The highest BCUT2D eigenvalue weighted by Gasteiger charge is 2.40. The van der Waals surface area contributed by atoms with Gasteiger partial charge >= 0.3 is 5.97 Å². The Balaban J connectivity index is 1.64. The summed E-state index contributed by atoms with van der Waals surface area (Å²) in [6.45, 7) is 3.97. The van der Waals surface area contributed by atoms with Crippen LogP contribution in [-0.2, 0) is 20.7 Å². The van der Waals surface area contributed by atoms with Crippen LogP contribution in [-0.4, -0.2) is 29.6 Å². The molecule has 3 aromatic rings. The number of anilines is 2. The number of aryl methyl sites for hydroxylation is 1. The van der Waals surface area contributed by atoms with Crippen molar-refractivity contribution >= 4 is 40.9 Å². The summed E-state index contributed by atoms with van der Waals surface area (Å²) in [6.07, 6.45) is 0.466. The molecule has 1 aliphatic rings. The van der Waals surface area contributed by atoms with Gasteiger partial charge in [0.2, 0.25) is 5.91 Å². The largest absolute Gasteiger partial charge is 0.462 e. The zero-order chi connectivity index (χ0) is 26.4. The topological polar surface area (TPSA) is 99.5 Å². The number of nitriles is 1. The van der Waals surface area contributed by atoms with E-state index in [9.17, 15) is 19.6 Å². The monoisotopic (exact) mass is 511 g/mol. The van der Waals surface area contributed by atoms with Crippen molar-refractivity contribution in [2.24, 2.45) is 0 Å². The standard InChI is InChI=1S/C29H25N3O4S/c1-3-36-29(35)21-12-14-22(15-13-21)31-26(33)24(18-30)28-32(23-10-5-4-6-11-23)27(34)25(37-28)17-20-9-7-8-19(2)16-20/h4-16,25H,3,17H2,1-2H3,(H,31,33). The number of benzene rings is 3. The Morgan fingerprint density at radius 3 is 2.43 bits per heavy atom. The minimum Gasteiger partial charge on any atom is -0.462 e. The van der Waals surface area contributed by atoms with Gasteiger partial charge in [-0.15, -0.1) is 0 Å². The van der Waals surface area contributed by atoms with Crippen LogP contribution >= 0.6 is 11.8 Å². The molecule has 1 unspecified atom stereocenters. The second kappa shape index (κ2) is 11.6. The van der Waals surface area contributed by atoms with Gasteiger partial charge in [0.25, 0.3) is 5.91 Å². The van der Waals surface area contributed by atoms with Crippen molar-refractivity contribution in [2.45, 2.75) is 25.5 Å². The van der Waals surface area contributed by atoms with Crippen molar-refractivity contribution in [3.63, 3.8) is 0 Å². The van der Waals surface area contributed by atoms with Gasteiger partial charge in [0.05, 0.1) is 17.4 Å². The van der Waals surface area contributed by atoms with Crippen LogP contribution in [0.5, 0.6) is 0 Å². The van der Waals surface area contributed by atoms with Crippen LogP contribution in [0.4, 0.5) is 11.4 Å². The molecule has 0 aliphatic carbocycles. The molecule has 1 saturated heterocycles. The number of para-hydroxylation sites is 1. The van der Waals surface area contributed by atoms with Crippen LogP contribution in [0.2, 0.25) is 0 Å². The molecule has 0 spiro atoms. The van der Waals surface area contributed by atoms with Crippen molar-refractivity contribution < 1.29 is 19.1 Å². The molecular formula is C29H25N3O4S. The van der Waals surface area contributed by atoms with Crippen LogP contribution in [0.3, 0.4) is 0 Å². The molecule has 1 N–H and O–H groups in total. The van der Waals surface area contributed by atoms with Crippen LogP contribution in [0, 0.1) is 18.3 Å². The van der Waals surface area contributed by atoms with E-state index in [1.807, 2.05) is 43.3 Å². The van der Waals surface area contributed by atoms with E-state index in [0.717, 1.165) is 11.1 Å². The number of carbonyl (C=O) groups excluding carboxylic acids is 3. The summed E-state index contributed by atoms with van der Waals surface area (Å²) in [7, 11) is 0. The molecule has 1 fully saturated rings. The fourth-order valence-electron chi connectivity index (χ4n) is 3.95. The highest BCUT2D eigenvalue weighted by atomic mass is 32.2. The summed E-state index contributed by atoms with van der Waals surface area (Å²) < 4.78 is 4.98. The highest BCUT2D eigenvalue weighted by molar-refractivity contribution is 8.05. The number of nitrogens with one attached hydrogen (secondary N) is 1. The molecule has 3 aromatic carbocycles. The number of amides is 2. The van der Waals surface area contributed by atoms with Crippen LogP contribution in [0.25, 0.3) is 0 Å². The molecule has 1 heterocycles. The second-order valence-corrected chi connectivity index (χ2v) is 9.54. The molecule has 0 bridgehead atoms. The predicted octanol–water partition coefficient (Wildman–Crippen LogP) is 5.24. The lowest BCUT2D eigenvalue weighted by molar-refractivity contribution is -0.117. The first-order valence-electron chi connectivity index (χ1n) is 11.8.